The zero-order valence-corrected chi connectivity index (χ0v) is 8.20. The standard InChI is InChI=1S/C12H11N3/c13-10-5-6-15(8-10)12-7-9-3-1-2-4-11(9)14-12/h1-7,13-14H,8H2. The Morgan fingerprint density at radius 2 is 2.13 bits per heavy atom. The maximum atomic E-state index is 7.52. The molecule has 1 aliphatic rings. The number of aromatic nitrogens is 1. The summed E-state index contributed by atoms with van der Waals surface area (Å²) in [4.78, 5) is 5.38. The molecule has 2 heterocycles. The quantitative estimate of drug-likeness (QED) is 0.724. The zero-order chi connectivity index (χ0) is 10.3. The Balaban J connectivity index is 2.05. The van der Waals surface area contributed by atoms with Gasteiger partial charge in [0.2, 0.25) is 0 Å². The minimum atomic E-state index is 0.647. The molecule has 3 heteroatoms. The van der Waals surface area contributed by atoms with E-state index >= 15 is 0 Å². The smallest absolute Gasteiger partial charge is 0.111 e. The molecule has 0 aliphatic carbocycles. The molecule has 1 aliphatic heterocycles. The van der Waals surface area contributed by atoms with Crippen LogP contribution in [-0.4, -0.2) is 17.2 Å². The third-order valence-corrected chi connectivity index (χ3v) is 2.62. The predicted molar refractivity (Wildman–Crippen MR) is 62.5 cm³/mol. The Bertz CT molecular complexity index is 518. The summed E-state index contributed by atoms with van der Waals surface area (Å²) in [6.45, 7) is 0.660. The van der Waals surface area contributed by atoms with Gasteiger partial charge >= 0.3 is 0 Å². The minimum absolute atomic E-state index is 0.647. The highest BCUT2D eigenvalue weighted by atomic mass is 15.2. The van der Waals surface area contributed by atoms with Crippen LogP contribution in [0.4, 0.5) is 5.82 Å². The van der Waals surface area contributed by atoms with Crippen LogP contribution in [0.2, 0.25) is 0 Å². The fraction of sp³-hybridized carbons (Fsp3) is 0.0833. The van der Waals surface area contributed by atoms with Gasteiger partial charge in [-0.25, -0.2) is 0 Å². The van der Waals surface area contributed by atoms with E-state index in [1.807, 2.05) is 29.3 Å². The molecule has 1 aromatic carbocycles. The van der Waals surface area contributed by atoms with Crippen molar-refractivity contribution in [1.82, 2.24) is 4.98 Å². The van der Waals surface area contributed by atoms with E-state index in [0.29, 0.717) is 12.3 Å². The van der Waals surface area contributed by atoms with Crippen LogP contribution >= 0.6 is 0 Å². The SMILES string of the molecule is N=C1C=CN(c2cc3ccccc3[nH]2)C1. The molecular formula is C12H11N3. The molecule has 2 N–H and O–H groups in total. The topological polar surface area (TPSA) is 42.9 Å². The lowest BCUT2D eigenvalue weighted by atomic mass is 10.2. The van der Waals surface area contributed by atoms with Crippen LogP contribution < -0.4 is 4.90 Å². The Labute approximate surface area is 87.5 Å². The van der Waals surface area contributed by atoms with Gasteiger partial charge in [-0.15, -0.1) is 0 Å². The number of aromatic amines is 1. The van der Waals surface area contributed by atoms with Crippen molar-refractivity contribution in [3.05, 3.63) is 42.6 Å². The van der Waals surface area contributed by atoms with Gasteiger partial charge in [-0.1, -0.05) is 18.2 Å². The number of hydrogen-bond donors (Lipinski definition) is 2. The summed E-state index contributed by atoms with van der Waals surface area (Å²) in [6, 6.07) is 10.3. The van der Waals surface area contributed by atoms with Gasteiger partial charge in [-0.2, -0.15) is 0 Å². The fourth-order valence-corrected chi connectivity index (χ4v) is 1.85. The Morgan fingerprint density at radius 3 is 2.87 bits per heavy atom. The Hall–Kier alpha value is -2.03. The second-order valence-corrected chi connectivity index (χ2v) is 3.71. The molecule has 3 nitrogen and oxygen atoms in total. The lowest BCUT2D eigenvalue weighted by Crippen LogP contribution is -2.16. The lowest BCUT2D eigenvalue weighted by molar-refractivity contribution is 1.11. The van der Waals surface area contributed by atoms with Crippen LogP contribution in [0.15, 0.2) is 42.6 Å². The molecule has 0 unspecified atom stereocenters. The monoisotopic (exact) mass is 197 g/mol. The number of H-pyrrole nitrogens is 1. The normalized spacial score (nSPS) is 15.5. The Morgan fingerprint density at radius 1 is 1.27 bits per heavy atom. The van der Waals surface area contributed by atoms with Gasteiger partial charge in [-0.05, 0) is 18.2 Å². The van der Waals surface area contributed by atoms with Gasteiger partial charge in [0, 0.05) is 17.1 Å². The van der Waals surface area contributed by atoms with Crippen LogP contribution in [0.1, 0.15) is 0 Å². The van der Waals surface area contributed by atoms with Crippen molar-refractivity contribution in [2.45, 2.75) is 0 Å². The number of rotatable bonds is 1. The molecule has 0 bridgehead atoms. The van der Waals surface area contributed by atoms with Gasteiger partial charge in [0.05, 0.1) is 12.3 Å². The highest BCUT2D eigenvalue weighted by molar-refractivity contribution is 6.00. The van der Waals surface area contributed by atoms with Crippen molar-refractivity contribution in [2.75, 3.05) is 11.4 Å². The van der Waals surface area contributed by atoms with E-state index in [1.165, 1.54) is 5.39 Å². The molecule has 0 radical (unpaired) electrons. The van der Waals surface area contributed by atoms with E-state index < -0.39 is 0 Å². The number of hydrogen-bond acceptors (Lipinski definition) is 2. The van der Waals surface area contributed by atoms with Gasteiger partial charge in [0.1, 0.15) is 5.82 Å². The number of benzene rings is 1. The van der Waals surface area contributed by atoms with Crippen molar-refractivity contribution in [3.8, 4) is 0 Å². The van der Waals surface area contributed by atoms with Gasteiger partial charge in [0.15, 0.2) is 0 Å². The van der Waals surface area contributed by atoms with Crippen LogP contribution in [0.3, 0.4) is 0 Å². The second-order valence-electron chi connectivity index (χ2n) is 3.71. The lowest BCUT2D eigenvalue weighted by Gasteiger charge is -2.11. The molecular weight excluding hydrogens is 186 g/mol. The first-order valence-electron chi connectivity index (χ1n) is 4.93. The maximum absolute atomic E-state index is 7.52. The van der Waals surface area contributed by atoms with Crippen LogP contribution in [0.5, 0.6) is 0 Å². The van der Waals surface area contributed by atoms with Crippen LogP contribution in [-0.2, 0) is 0 Å². The van der Waals surface area contributed by atoms with E-state index in [2.05, 4.69) is 23.2 Å². The third-order valence-electron chi connectivity index (χ3n) is 2.62. The summed E-state index contributed by atoms with van der Waals surface area (Å²) < 4.78 is 0. The predicted octanol–water partition coefficient (Wildman–Crippen LogP) is 2.52. The third kappa shape index (κ3) is 1.32. The number of para-hydroxylation sites is 1. The first-order chi connectivity index (χ1) is 7.33. The molecule has 1 aromatic heterocycles. The van der Waals surface area contributed by atoms with Crippen molar-refractivity contribution in [2.24, 2.45) is 0 Å². The Kier molecular flexibility index (Phi) is 1.65. The molecule has 2 aromatic rings. The molecule has 0 atom stereocenters. The van der Waals surface area contributed by atoms with E-state index in [-0.39, 0.29) is 0 Å². The van der Waals surface area contributed by atoms with Gasteiger partial charge < -0.3 is 15.3 Å². The van der Waals surface area contributed by atoms with E-state index in [4.69, 9.17) is 5.41 Å². The van der Waals surface area contributed by atoms with Crippen LogP contribution in [0, 0.1) is 5.41 Å². The highest BCUT2D eigenvalue weighted by Gasteiger charge is 2.12. The number of fused-ring (bicyclic) bond motifs is 1. The largest absolute Gasteiger partial charge is 0.341 e. The number of nitrogens with zero attached hydrogens (tertiary/aromatic N) is 1. The molecule has 15 heavy (non-hydrogen) atoms. The van der Waals surface area contributed by atoms with E-state index in [0.717, 1.165) is 11.3 Å². The molecule has 74 valence electrons. The van der Waals surface area contributed by atoms with Crippen molar-refractivity contribution >= 4 is 22.4 Å². The van der Waals surface area contributed by atoms with Crippen molar-refractivity contribution in [3.63, 3.8) is 0 Å². The molecule has 0 spiro atoms. The first kappa shape index (κ1) is 8.29. The molecule has 0 amide bonds. The summed E-state index contributed by atoms with van der Waals surface area (Å²) in [5.74, 6) is 1.05. The van der Waals surface area contributed by atoms with Crippen LogP contribution in [0.25, 0.3) is 10.9 Å². The average molecular weight is 197 g/mol. The fourth-order valence-electron chi connectivity index (χ4n) is 1.85. The summed E-state index contributed by atoms with van der Waals surface area (Å²) in [6.07, 6.45) is 3.76. The minimum Gasteiger partial charge on any atom is -0.341 e. The molecule has 0 saturated carbocycles. The zero-order valence-electron chi connectivity index (χ0n) is 8.20. The van der Waals surface area contributed by atoms with E-state index in [9.17, 15) is 0 Å². The molecule has 0 saturated heterocycles. The van der Waals surface area contributed by atoms with Crippen molar-refractivity contribution in [1.29, 1.82) is 5.41 Å². The summed E-state index contributed by atoms with van der Waals surface area (Å²) >= 11 is 0. The number of nitrogens with one attached hydrogen (secondary N) is 2. The molecule has 3 rings (SSSR count). The second kappa shape index (κ2) is 2.98. The van der Waals surface area contributed by atoms with Gasteiger partial charge in [0.25, 0.3) is 0 Å². The molecule has 0 fully saturated rings. The first-order valence-corrected chi connectivity index (χ1v) is 4.93. The summed E-state index contributed by atoms with van der Waals surface area (Å²) in [5, 5.41) is 8.73. The summed E-state index contributed by atoms with van der Waals surface area (Å²) in [5.41, 5.74) is 1.79. The number of anilines is 1. The maximum Gasteiger partial charge on any atom is 0.111 e. The van der Waals surface area contributed by atoms with Crippen molar-refractivity contribution < 1.29 is 0 Å². The van der Waals surface area contributed by atoms with E-state index in [1.54, 1.807) is 0 Å². The van der Waals surface area contributed by atoms with Gasteiger partial charge in [-0.3, -0.25) is 0 Å². The summed E-state index contributed by atoms with van der Waals surface area (Å²) in [7, 11) is 0. The average Bonchev–Trinajstić information content (AvgIpc) is 2.82. The highest BCUT2D eigenvalue weighted by Crippen LogP contribution is 2.23.